The Morgan fingerprint density at radius 1 is 1.41 bits per heavy atom. The maximum absolute atomic E-state index is 12.0. The van der Waals surface area contributed by atoms with E-state index in [1.807, 2.05) is 0 Å². The summed E-state index contributed by atoms with van der Waals surface area (Å²) >= 11 is 5.66. The van der Waals surface area contributed by atoms with E-state index in [2.05, 4.69) is 10.4 Å². The highest BCUT2D eigenvalue weighted by molar-refractivity contribution is 6.30. The Morgan fingerprint density at radius 2 is 2.12 bits per heavy atom. The second kappa shape index (κ2) is 6.18. The number of hydrogen-bond donors (Lipinski definition) is 2. The normalized spacial score (nSPS) is 13.7. The van der Waals surface area contributed by atoms with Crippen LogP contribution in [0.15, 0.2) is 18.3 Å². The summed E-state index contributed by atoms with van der Waals surface area (Å²) < 4.78 is 35.9. The first-order valence-corrected chi connectivity index (χ1v) is 5.44. The highest BCUT2D eigenvalue weighted by atomic mass is 35.5. The smallest absolute Gasteiger partial charge is 0.271 e. The number of pyridine rings is 1. The third kappa shape index (κ3) is 5.34. The monoisotopic (exact) mass is 267 g/mol. The highest BCUT2D eigenvalue weighted by Crippen LogP contribution is 2.25. The molecule has 0 aliphatic rings. The number of alkyl halides is 3. The number of aromatic nitrogens is 1. The molecule has 3 N–H and O–H groups in total. The second-order valence-electron chi connectivity index (χ2n) is 3.63. The molecule has 0 spiro atoms. The van der Waals surface area contributed by atoms with E-state index >= 15 is 0 Å². The van der Waals surface area contributed by atoms with E-state index in [-0.39, 0.29) is 12.8 Å². The van der Waals surface area contributed by atoms with E-state index in [9.17, 15) is 13.2 Å². The van der Waals surface area contributed by atoms with Gasteiger partial charge in [0.15, 0.2) is 0 Å². The van der Waals surface area contributed by atoms with Crippen LogP contribution in [0.5, 0.6) is 0 Å². The lowest BCUT2D eigenvalue weighted by molar-refractivity contribution is -0.135. The van der Waals surface area contributed by atoms with E-state index in [1.165, 1.54) is 6.20 Å². The highest BCUT2D eigenvalue weighted by Gasteiger charge is 2.26. The molecule has 0 bridgehead atoms. The lowest BCUT2D eigenvalue weighted by Crippen LogP contribution is -2.29. The minimum atomic E-state index is -4.13. The standard InChI is InChI=1S/C10H13ClF3N3/c11-7-3-4-8(16-6-7)9(17-15)2-1-5-10(12,13)14/h3-4,6,9,17H,1-2,5,15H2. The molecular weight excluding hydrogens is 255 g/mol. The first-order valence-electron chi connectivity index (χ1n) is 5.06. The zero-order chi connectivity index (χ0) is 12.9. The number of nitrogens with one attached hydrogen (secondary N) is 1. The average Bonchev–Trinajstić information content (AvgIpc) is 2.24. The fourth-order valence-electron chi connectivity index (χ4n) is 1.42. The molecule has 0 fully saturated rings. The maximum Gasteiger partial charge on any atom is 0.389 e. The van der Waals surface area contributed by atoms with E-state index in [1.54, 1.807) is 12.1 Å². The summed E-state index contributed by atoms with van der Waals surface area (Å²) in [6.45, 7) is 0. The second-order valence-corrected chi connectivity index (χ2v) is 4.06. The summed E-state index contributed by atoms with van der Waals surface area (Å²) in [6.07, 6.45) is -3.25. The molecule has 0 aliphatic carbocycles. The van der Waals surface area contributed by atoms with Crippen molar-refractivity contribution in [2.75, 3.05) is 0 Å². The van der Waals surface area contributed by atoms with Crippen LogP contribution in [0.2, 0.25) is 5.02 Å². The summed E-state index contributed by atoms with van der Waals surface area (Å²) in [5, 5.41) is 0.472. The molecule has 1 aromatic rings. The number of rotatable bonds is 5. The molecule has 96 valence electrons. The summed E-state index contributed by atoms with van der Waals surface area (Å²) in [5.41, 5.74) is 3.03. The average molecular weight is 268 g/mol. The van der Waals surface area contributed by atoms with Gasteiger partial charge in [-0.1, -0.05) is 11.6 Å². The molecule has 0 radical (unpaired) electrons. The van der Waals surface area contributed by atoms with Crippen molar-refractivity contribution in [3.63, 3.8) is 0 Å². The van der Waals surface area contributed by atoms with Crippen LogP contribution < -0.4 is 11.3 Å². The van der Waals surface area contributed by atoms with Crippen LogP contribution in [0.3, 0.4) is 0 Å². The molecule has 0 saturated heterocycles. The predicted molar refractivity (Wildman–Crippen MR) is 59.2 cm³/mol. The van der Waals surface area contributed by atoms with Gasteiger partial charge in [-0.15, -0.1) is 0 Å². The Bertz CT molecular complexity index is 340. The quantitative estimate of drug-likeness (QED) is 0.637. The molecule has 1 atom stereocenters. The van der Waals surface area contributed by atoms with E-state index in [0.717, 1.165) is 0 Å². The summed E-state index contributed by atoms with van der Waals surface area (Å²) in [5.74, 6) is 5.29. The van der Waals surface area contributed by atoms with Gasteiger partial charge in [-0.05, 0) is 25.0 Å². The lowest BCUT2D eigenvalue weighted by Gasteiger charge is -2.15. The minimum absolute atomic E-state index is 0.00265. The zero-order valence-electron chi connectivity index (χ0n) is 8.97. The van der Waals surface area contributed by atoms with Gasteiger partial charge in [0.2, 0.25) is 0 Å². The maximum atomic E-state index is 12.0. The van der Waals surface area contributed by atoms with Crippen LogP contribution in [0, 0.1) is 0 Å². The van der Waals surface area contributed by atoms with E-state index in [0.29, 0.717) is 10.7 Å². The van der Waals surface area contributed by atoms with E-state index < -0.39 is 18.6 Å². The van der Waals surface area contributed by atoms with Gasteiger partial charge in [-0.25, -0.2) is 0 Å². The van der Waals surface area contributed by atoms with E-state index in [4.69, 9.17) is 17.4 Å². The number of hydrazine groups is 1. The van der Waals surface area contributed by atoms with Gasteiger partial charge in [-0.3, -0.25) is 16.3 Å². The van der Waals surface area contributed by atoms with Crippen LogP contribution in [-0.2, 0) is 0 Å². The van der Waals surface area contributed by atoms with Gasteiger partial charge in [0, 0.05) is 12.6 Å². The van der Waals surface area contributed by atoms with Crippen molar-refractivity contribution in [2.45, 2.75) is 31.5 Å². The number of nitrogens with zero attached hydrogens (tertiary/aromatic N) is 1. The Balaban J connectivity index is 2.51. The molecule has 3 nitrogen and oxygen atoms in total. The molecule has 0 amide bonds. The number of hydrogen-bond acceptors (Lipinski definition) is 3. The molecule has 1 unspecified atom stereocenters. The van der Waals surface area contributed by atoms with Crippen LogP contribution in [-0.4, -0.2) is 11.2 Å². The SMILES string of the molecule is NNC(CCCC(F)(F)F)c1ccc(Cl)cn1. The molecule has 1 heterocycles. The van der Waals surface area contributed by atoms with Crippen LogP contribution in [0.25, 0.3) is 0 Å². The van der Waals surface area contributed by atoms with Crippen molar-refractivity contribution in [1.82, 2.24) is 10.4 Å². The summed E-state index contributed by atoms with van der Waals surface area (Å²) in [4.78, 5) is 4.01. The molecule has 0 saturated carbocycles. The third-order valence-corrected chi connectivity index (χ3v) is 2.49. The van der Waals surface area contributed by atoms with Crippen LogP contribution in [0.4, 0.5) is 13.2 Å². The first kappa shape index (κ1) is 14.2. The third-order valence-electron chi connectivity index (χ3n) is 2.26. The van der Waals surface area contributed by atoms with Crippen molar-refractivity contribution in [1.29, 1.82) is 0 Å². The summed E-state index contributed by atoms with van der Waals surface area (Å²) in [6, 6.07) is 2.87. The lowest BCUT2D eigenvalue weighted by atomic mass is 10.1. The van der Waals surface area contributed by atoms with Crippen molar-refractivity contribution < 1.29 is 13.2 Å². The van der Waals surface area contributed by atoms with Crippen molar-refractivity contribution in [2.24, 2.45) is 5.84 Å². The Labute approximate surface area is 102 Å². The molecule has 17 heavy (non-hydrogen) atoms. The predicted octanol–water partition coefficient (Wildman–Crippen LogP) is 2.97. The molecule has 7 heteroatoms. The van der Waals surface area contributed by atoms with Gasteiger partial charge in [0.05, 0.1) is 16.8 Å². The van der Waals surface area contributed by atoms with Gasteiger partial charge >= 0.3 is 6.18 Å². The molecular formula is C10H13ClF3N3. The van der Waals surface area contributed by atoms with Crippen LogP contribution >= 0.6 is 11.6 Å². The van der Waals surface area contributed by atoms with Crippen molar-refractivity contribution in [3.8, 4) is 0 Å². The number of nitrogens with two attached hydrogens (primary N) is 1. The molecule has 1 rings (SSSR count). The van der Waals surface area contributed by atoms with Crippen molar-refractivity contribution in [3.05, 3.63) is 29.0 Å². The Morgan fingerprint density at radius 3 is 2.59 bits per heavy atom. The van der Waals surface area contributed by atoms with Gasteiger partial charge < -0.3 is 0 Å². The first-order chi connectivity index (χ1) is 7.92. The molecule has 0 aliphatic heterocycles. The Hall–Kier alpha value is -0.850. The van der Waals surface area contributed by atoms with Crippen LogP contribution in [0.1, 0.15) is 31.0 Å². The Kier molecular flexibility index (Phi) is 5.17. The minimum Gasteiger partial charge on any atom is -0.271 e. The topological polar surface area (TPSA) is 50.9 Å². The molecule has 0 aromatic carbocycles. The molecule has 1 aromatic heterocycles. The zero-order valence-corrected chi connectivity index (χ0v) is 9.72. The largest absolute Gasteiger partial charge is 0.389 e. The van der Waals surface area contributed by atoms with Gasteiger partial charge in [-0.2, -0.15) is 13.2 Å². The van der Waals surface area contributed by atoms with Gasteiger partial charge in [0.25, 0.3) is 0 Å². The number of halogens is 4. The fraction of sp³-hybridized carbons (Fsp3) is 0.500. The fourth-order valence-corrected chi connectivity index (χ4v) is 1.53. The summed E-state index contributed by atoms with van der Waals surface area (Å²) in [7, 11) is 0. The van der Waals surface area contributed by atoms with Gasteiger partial charge in [0.1, 0.15) is 0 Å². The van der Waals surface area contributed by atoms with Crippen molar-refractivity contribution >= 4 is 11.6 Å².